The van der Waals surface area contributed by atoms with E-state index >= 15 is 0 Å². The molecule has 3 aromatic rings. The molecule has 0 saturated carbocycles. The molecule has 4 nitrogen and oxygen atoms in total. The Labute approximate surface area is 149 Å². The Morgan fingerprint density at radius 2 is 1.77 bits per heavy atom. The number of nitrogens with one attached hydrogen (secondary N) is 2. The molecule has 6 heteroatoms. The lowest BCUT2D eigenvalue weighted by molar-refractivity contribution is 0.102. The number of nitrogens with zero attached hydrogens (tertiary/aromatic N) is 1. The zero-order valence-electron chi connectivity index (χ0n) is 13.9. The normalized spacial score (nSPS) is 10.4. The van der Waals surface area contributed by atoms with Crippen LogP contribution in [0.5, 0.6) is 0 Å². The molecule has 0 fully saturated rings. The Morgan fingerprint density at radius 1 is 0.962 bits per heavy atom. The second-order valence-electron chi connectivity index (χ2n) is 5.68. The van der Waals surface area contributed by atoms with E-state index in [2.05, 4.69) is 15.6 Å². The van der Waals surface area contributed by atoms with Crippen molar-refractivity contribution < 1.29 is 13.6 Å². The minimum Gasteiger partial charge on any atom is -0.370 e. The Bertz CT molecular complexity index is 901. The zero-order chi connectivity index (χ0) is 18.4. The summed E-state index contributed by atoms with van der Waals surface area (Å²) < 4.78 is 26.2. The minimum atomic E-state index is -1.01. The van der Waals surface area contributed by atoms with Gasteiger partial charge in [0.05, 0.1) is 0 Å². The van der Waals surface area contributed by atoms with E-state index in [1.54, 1.807) is 12.1 Å². The highest BCUT2D eigenvalue weighted by Gasteiger charge is 2.09. The van der Waals surface area contributed by atoms with Gasteiger partial charge in [0.2, 0.25) is 0 Å². The van der Waals surface area contributed by atoms with Crippen molar-refractivity contribution >= 4 is 17.4 Å². The van der Waals surface area contributed by atoms with Gasteiger partial charge in [0.1, 0.15) is 5.82 Å². The van der Waals surface area contributed by atoms with Crippen molar-refractivity contribution in [3.63, 3.8) is 0 Å². The molecular formula is C20H17F2N3O. The summed E-state index contributed by atoms with van der Waals surface area (Å²) in [6.07, 6.45) is 2.35. The first-order chi connectivity index (χ1) is 12.6. The number of aromatic nitrogens is 1. The van der Waals surface area contributed by atoms with Crippen LogP contribution in [0.3, 0.4) is 0 Å². The number of benzene rings is 2. The molecule has 0 atom stereocenters. The van der Waals surface area contributed by atoms with Crippen molar-refractivity contribution in [1.82, 2.24) is 4.98 Å². The smallest absolute Gasteiger partial charge is 0.255 e. The Balaban J connectivity index is 1.60. The summed E-state index contributed by atoms with van der Waals surface area (Å²) in [6.45, 7) is 0.672. The summed E-state index contributed by atoms with van der Waals surface area (Å²) in [7, 11) is 0. The Morgan fingerprint density at radius 3 is 2.54 bits per heavy atom. The lowest BCUT2D eigenvalue weighted by Crippen LogP contribution is -2.13. The fourth-order valence-electron chi connectivity index (χ4n) is 2.43. The third-order valence-corrected chi connectivity index (χ3v) is 3.76. The molecule has 1 aromatic heterocycles. The molecule has 132 valence electrons. The second-order valence-corrected chi connectivity index (χ2v) is 5.68. The molecule has 0 aliphatic rings. The number of pyridine rings is 1. The van der Waals surface area contributed by atoms with E-state index in [4.69, 9.17) is 0 Å². The molecule has 0 radical (unpaired) electrons. The van der Waals surface area contributed by atoms with Gasteiger partial charge in [0, 0.05) is 30.1 Å². The van der Waals surface area contributed by atoms with Gasteiger partial charge in [0.25, 0.3) is 5.91 Å². The molecule has 26 heavy (non-hydrogen) atoms. The molecule has 0 saturated heterocycles. The average molecular weight is 353 g/mol. The van der Waals surface area contributed by atoms with Crippen LogP contribution in [0.25, 0.3) is 0 Å². The topological polar surface area (TPSA) is 54.0 Å². The van der Waals surface area contributed by atoms with Gasteiger partial charge in [0.15, 0.2) is 11.6 Å². The van der Waals surface area contributed by atoms with Crippen LogP contribution in [-0.4, -0.2) is 17.4 Å². The summed E-state index contributed by atoms with van der Waals surface area (Å²) in [4.78, 5) is 16.5. The highest BCUT2D eigenvalue weighted by molar-refractivity contribution is 6.04. The average Bonchev–Trinajstić information content (AvgIpc) is 2.66. The molecule has 2 aromatic carbocycles. The maximum atomic E-state index is 13.2. The summed E-state index contributed by atoms with van der Waals surface area (Å²) in [5.41, 5.74) is 1.75. The van der Waals surface area contributed by atoms with Crippen molar-refractivity contribution in [1.29, 1.82) is 0 Å². The van der Waals surface area contributed by atoms with E-state index in [1.165, 1.54) is 17.8 Å². The molecule has 1 amide bonds. The molecule has 0 unspecified atom stereocenters. The SMILES string of the molecule is O=C(Nc1ccc(F)c(F)c1)c1ccnc(NCCc2ccccc2)c1. The van der Waals surface area contributed by atoms with Crippen LogP contribution >= 0.6 is 0 Å². The van der Waals surface area contributed by atoms with Crippen LogP contribution in [0.1, 0.15) is 15.9 Å². The number of anilines is 2. The first-order valence-electron chi connectivity index (χ1n) is 8.12. The van der Waals surface area contributed by atoms with Gasteiger partial charge in [-0.1, -0.05) is 30.3 Å². The number of hydrogen-bond acceptors (Lipinski definition) is 3. The van der Waals surface area contributed by atoms with E-state index in [-0.39, 0.29) is 5.69 Å². The summed E-state index contributed by atoms with van der Waals surface area (Å²) >= 11 is 0. The van der Waals surface area contributed by atoms with E-state index in [1.807, 2.05) is 30.3 Å². The number of carbonyl (C=O) groups is 1. The molecule has 0 aliphatic heterocycles. The summed E-state index contributed by atoms with van der Waals surface area (Å²) in [6, 6.07) is 16.4. The van der Waals surface area contributed by atoms with Gasteiger partial charge in [-0.05, 0) is 36.2 Å². The molecule has 2 N–H and O–H groups in total. The van der Waals surface area contributed by atoms with Crippen molar-refractivity contribution in [3.8, 4) is 0 Å². The lowest BCUT2D eigenvalue weighted by atomic mass is 10.1. The zero-order valence-corrected chi connectivity index (χ0v) is 13.9. The first-order valence-corrected chi connectivity index (χ1v) is 8.12. The van der Waals surface area contributed by atoms with Crippen molar-refractivity contribution in [2.75, 3.05) is 17.2 Å². The number of hydrogen-bond donors (Lipinski definition) is 2. The molecule has 0 bridgehead atoms. The lowest BCUT2D eigenvalue weighted by Gasteiger charge is -2.09. The highest BCUT2D eigenvalue weighted by Crippen LogP contribution is 2.15. The largest absolute Gasteiger partial charge is 0.370 e. The third kappa shape index (κ3) is 4.63. The van der Waals surface area contributed by atoms with Crippen molar-refractivity contribution in [2.24, 2.45) is 0 Å². The third-order valence-electron chi connectivity index (χ3n) is 3.76. The fourth-order valence-corrected chi connectivity index (χ4v) is 2.43. The van der Waals surface area contributed by atoms with Gasteiger partial charge >= 0.3 is 0 Å². The van der Waals surface area contributed by atoms with Gasteiger partial charge in [-0.3, -0.25) is 4.79 Å². The fraction of sp³-hybridized carbons (Fsp3) is 0.100. The standard InChI is InChI=1S/C20H17F2N3O/c21-17-7-6-16(13-18(17)22)25-20(26)15-9-11-24-19(12-15)23-10-8-14-4-2-1-3-5-14/h1-7,9,11-13H,8,10H2,(H,23,24)(H,25,26). The molecule has 0 spiro atoms. The maximum Gasteiger partial charge on any atom is 0.255 e. The quantitative estimate of drug-likeness (QED) is 0.696. The number of halogens is 2. The van der Waals surface area contributed by atoms with E-state index < -0.39 is 17.5 Å². The summed E-state index contributed by atoms with van der Waals surface area (Å²) in [5, 5.41) is 5.70. The van der Waals surface area contributed by atoms with Crippen LogP contribution in [0.2, 0.25) is 0 Å². The van der Waals surface area contributed by atoms with Gasteiger partial charge in [-0.15, -0.1) is 0 Å². The van der Waals surface area contributed by atoms with Gasteiger partial charge in [-0.25, -0.2) is 13.8 Å². The Hall–Kier alpha value is -3.28. The molecular weight excluding hydrogens is 336 g/mol. The predicted molar refractivity (Wildman–Crippen MR) is 97.2 cm³/mol. The number of rotatable bonds is 6. The van der Waals surface area contributed by atoms with E-state index in [9.17, 15) is 13.6 Å². The van der Waals surface area contributed by atoms with Crippen LogP contribution in [-0.2, 0) is 6.42 Å². The monoisotopic (exact) mass is 353 g/mol. The maximum absolute atomic E-state index is 13.2. The van der Waals surface area contributed by atoms with Crippen LogP contribution in [0, 0.1) is 11.6 Å². The van der Waals surface area contributed by atoms with Crippen LogP contribution in [0.15, 0.2) is 66.9 Å². The van der Waals surface area contributed by atoms with Crippen molar-refractivity contribution in [3.05, 3.63) is 89.6 Å². The molecule has 1 heterocycles. The molecule has 3 rings (SSSR count). The minimum absolute atomic E-state index is 0.185. The Kier molecular flexibility index (Phi) is 5.53. The van der Waals surface area contributed by atoms with Gasteiger partial charge < -0.3 is 10.6 Å². The van der Waals surface area contributed by atoms with Crippen molar-refractivity contribution in [2.45, 2.75) is 6.42 Å². The van der Waals surface area contributed by atoms with Crippen LogP contribution in [0.4, 0.5) is 20.3 Å². The number of amides is 1. The molecule has 0 aliphatic carbocycles. The van der Waals surface area contributed by atoms with Crippen LogP contribution < -0.4 is 10.6 Å². The highest BCUT2D eigenvalue weighted by atomic mass is 19.2. The van der Waals surface area contributed by atoms with E-state index in [0.717, 1.165) is 18.6 Å². The summed E-state index contributed by atoms with van der Waals surface area (Å²) in [5.74, 6) is -1.83. The second kappa shape index (κ2) is 8.20. The van der Waals surface area contributed by atoms with Gasteiger partial charge in [-0.2, -0.15) is 0 Å². The predicted octanol–water partition coefficient (Wildman–Crippen LogP) is 4.27. The number of carbonyl (C=O) groups excluding carboxylic acids is 1. The van der Waals surface area contributed by atoms with E-state index in [0.29, 0.717) is 17.9 Å². The first kappa shape index (κ1) is 17.5.